The highest BCUT2D eigenvalue weighted by Crippen LogP contribution is 2.81. The molecule has 0 aromatic rings. The molecule has 0 spiro atoms. The van der Waals surface area contributed by atoms with E-state index in [4.69, 9.17) is 18.1 Å². The maximum Gasteiger partial charge on any atom is 0.332 e. The molecule has 0 radical (unpaired) electrons. The lowest BCUT2D eigenvalue weighted by Gasteiger charge is -2.44. The first-order chi connectivity index (χ1) is 10.9. The molecule has 12 heteroatoms. The predicted octanol–water partition coefficient (Wildman–Crippen LogP) is 3.81. The zero-order valence-electron chi connectivity index (χ0n) is 16.6. The molecule has 0 saturated heterocycles. The summed E-state index contributed by atoms with van der Waals surface area (Å²) in [5.41, 5.74) is 0. The predicted molar refractivity (Wildman–Crippen MR) is 108 cm³/mol. The zero-order valence-corrected chi connectivity index (χ0v) is 19.3. The van der Waals surface area contributed by atoms with Crippen molar-refractivity contribution in [3.8, 4) is 0 Å². The molecule has 24 heavy (non-hydrogen) atoms. The highest BCUT2D eigenvalue weighted by atomic mass is 31.3. The van der Waals surface area contributed by atoms with Gasteiger partial charge in [-0.15, -0.1) is 0 Å². The Morgan fingerprint density at radius 1 is 0.625 bits per heavy atom. The fraction of sp³-hybridized carbons (Fsp3) is 0.833. The largest absolute Gasteiger partial charge is 0.439 e. The first kappa shape index (κ1) is 22.1. The summed E-state index contributed by atoms with van der Waals surface area (Å²) in [4.78, 5) is 0. The number of rotatable bonds is 7. The average Bonchev–Trinajstić information content (AvgIpc) is 2.45. The van der Waals surface area contributed by atoms with Gasteiger partial charge < -0.3 is 4.52 Å². The maximum atomic E-state index is 6.00. The van der Waals surface area contributed by atoms with E-state index < -0.39 is 22.6 Å². The van der Waals surface area contributed by atoms with Crippen LogP contribution in [0.4, 0.5) is 0 Å². The van der Waals surface area contributed by atoms with Gasteiger partial charge in [-0.1, -0.05) is 6.58 Å². The van der Waals surface area contributed by atoms with Crippen LogP contribution in [0.2, 0.25) is 0 Å². The summed E-state index contributed by atoms with van der Waals surface area (Å²) in [5, 5.41) is 0. The molecule has 1 unspecified atom stereocenters. The van der Waals surface area contributed by atoms with Gasteiger partial charge in [0, 0.05) is 0 Å². The smallest absolute Gasteiger partial charge is 0.332 e. The van der Waals surface area contributed by atoms with Crippen molar-refractivity contribution in [1.29, 1.82) is 0 Å². The molecule has 0 N–H and O–H groups in total. The van der Waals surface area contributed by atoms with E-state index in [2.05, 4.69) is 25.3 Å². The van der Waals surface area contributed by atoms with E-state index in [-0.39, 0.29) is 0 Å². The van der Waals surface area contributed by atoms with E-state index in [0.29, 0.717) is 0 Å². The van der Waals surface area contributed by atoms with Gasteiger partial charge in [0.1, 0.15) is 0 Å². The molecule has 142 valence electrons. The van der Waals surface area contributed by atoms with E-state index >= 15 is 0 Å². The van der Waals surface area contributed by atoms with Crippen molar-refractivity contribution in [2.75, 3.05) is 70.5 Å². The molecule has 0 bridgehead atoms. The van der Waals surface area contributed by atoms with Crippen LogP contribution < -0.4 is 0 Å². The minimum Gasteiger partial charge on any atom is -0.439 e. The third kappa shape index (κ3) is 3.60. The molecule has 0 aromatic heterocycles. The van der Waals surface area contributed by atoms with E-state index in [1.54, 1.807) is 0 Å². The summed E-state index contributed by atoms with van der Waals surface area (Å²) >= 11 is 0. The molecule has 0 saturated carbocycles. The molecule has 0 aliphatic carbocycles. The highest BCUT2D eigenvalue weighted by molar-refractivity contribution is 7.82. The van der Waals surface area contributed by atoms with Crippen molar-refractivity contribution in [3.63, 3.8) is 0 Å². The molecular formula is C12H33N8OP3. The second-order valence-corrected chi connectivity index (χ2v) is 15.9. The Morgan fingerprint density at radius 2 is 1.00 bits per heavy atom. The van der Waals surface area contributed by atoms with Crippen LogP contribution in [0.5, 0.6) is 0 Å². The van der Waals surface area contributed by atoms with Gasteiger partial charge in [-0.2, -0.15) is 13.5 Å². The minimum absolute atomic E-state index is 1.45. The SMILES string of the molecule is C=COP1(N(C)C)=NP(N(C)C)(N(C)C)=NP(N(C)C)(N(C)C)=N1. The van der Waals surface area contributed by atoms with Crippen LogP contribution in [-0.2, 0) is 4.52 Å². The van der Waals surface area contributed by atoms with Crippen LogP contribution in [0.25, 0.3) is 0 Å². The molecule has 1 heterocycles. The number of nitrogens with zero attached hydrogens (tertiary/aromatic N) is 8. The molecule has 0 amide bonds. The van der Waals surface area contributed by atoms with E-state index in [1.165, 1.54) is 6.26 Å². The summed E-state index contributed by atoms with van der Waals surface area (Å²) in [7, 11) is 12.7. The standard InChI is InChI=1S/C12H33N8OP3/c1-12-21-24(20(10)11)14-22(16(2)3,17(4)5)13-23(15-24,18(6)7)19(8)9/h12H,1H2,2-11H3. The summed E-state index contributed by atoms with van der Waals surface area (Å²) in [6.45, 7) is 3.76. The molecule has 0 fully saturated rings. The van der Waals surface area contributed by atoms with E-state index in [0.717, 1.165) is 0 Å². The Balaban J connectivity index is 4.12. The Kier molecular flexibility index (Phi) is 7.11. The zero-order chi connectivity index (χ0) is 18.9. The second kappa shape index (κ2) is 7.73. The van der Waals surface area contributed by atoms with Crippen LogP contribution >= 0.6 is 22.6 Å². The van der Waals surface area contributed by atoms with Crippen molar-refractivity contribution in [3.05, 3.63) is 12.8 Å². The topological polar surface area (TPSA) is 62.5 Å². The Morgan fingerprint density at radius 3 is 1.29 bits per heavy atom. The summed E-state index contributed by atoms with van der Waals surface area (Å²) < 4.78 is 32.0. The van der Waals surface area contributed by atoms with Gasteiger partial charge in [0.15, 0.2) is 0 Å². The van der Waals surface area contributed by atoms with Crippen molar-refractivity contribution in [2.24, 2.45) is 13.5 Å². The average molecular weight is 398 g/mol. The molecule has 1 aliphatic heterocycles. The van der Waals surface area contributed by atoms with Gasteiger partial charge in [-0.3, -0.25) is 0 Å². The van der Waals surface area contributed by atoms with Crippen molar-refractivity contribution < 1.29 is 4.52 Å². The van der Waals surface area contributed by atoms with Crippen LogP contribution in [0.15, 0.2) is 26.4 Å². The molecule has 0 aromatic carbocycles. The highest BCUT2D eigenvalue weighted by Gasteiger charge is 2.44. The third-order valence-corrected chi connectivity index (χ3v) is 15.1. The van der Waals surface area contributed by atoms with Crippen molar-refractivity contribution in [2.45, 2.75) is 0 Å². The normalized spacial score (nSPS) is 25.6. The second-order valence-electron chi connectivity index (χ2n) is 6.36. The Labute approximate surface area is 147 Å². The lowest BCUT2D eigenvalue weighted by atomic mass is 11.2. The molecular weight excluding hydrogens is 365 g/mol. The van der Waals surface area contributed by atoms with Crippen molar-refractivity contribution in [1.82, 2.24) is 23.4 Å². The summed E-state index contributed by atoms with van der Waals surface area (Å²) in [6.07, 6.45) is 1.45. The molecule has 9 nitrogen and oxygen atoms in total. The lowest BCUT2D eigenvalue weighted by Crippen LogP contribution is -2.26. The first-order valence-corrected chi connectivity index (χ1v) is 12.3. The molecule has 1 atom stereocenters. The van der Waals surface area contributed by atoms with Gasteiger partial charge in [0.05, 0.1) is 6.26 Å². The monoisotopic (exact) mass is 398 g/mol. The van der Waals surface area contributed by atoms with Gasteiger partial charge in [-0.25, -0.2) is 23.4 Å². The van der Waals surface area contributed by atoms with Gasteiger partial charge in [-0.05, 0) is 70.5 Å². The van der Waals surface area contributed by atoms with Gasteiger partial charge in [0.2, 0.25) is 15.0 Å². The minimum atomic E-state index is -2.62. The Bertz CT molecular complexity index is 595. The fourth-order valence-corrected chi connectivity index (χ4v) is 16.0. The third-order valence-electron chi connectivity index (χ3n) is 3.60. The number of hydrogen-bond acceptors (Lipinski definition) is 9. The van der Waals surface area contributed by atoms with Gasteiger partial charge >= 0.3 is 7.58 Å². The van der Waals surface area contributed by atoms with Gasteiger partial charge in [0.25, 0.3) is 0 Å². The van der Waals surface area contributed by atoms with Crippen molar-refractivity contribution >= 4 is 22.6 Å². The summed E-state index contributed by atoms with van der Waals surface area (Å²) in [6, 6.07) is 0. The van der Waals surface area contributed by atoms with E-state index in [9.17, 15) is 0 Å². The van der Waals surface area contributed by atoms with Crippen LogP contribution in [-0.4, -0.2) is 93.8 Å². The molecule has 1 rings (SSSR count). The quantitative estimate of drug-likeness (QED) is 0.480. The fourth-order valence-electron chi connectivity index (χ4n) is 2.28. The number of hydrogen-bond donors (Lipinski definition) is 0. The van der Waals surface area contributed by atoms with Crippen LogP contribution in [0, 0.1) is 0 Å². The lowest BCUT2D eigenvalue weighted by molar-refractivity contribution is 0.459. The maximum absolute atomic E-state index is 6.00. The first-order valence-electron chi connectivity index (χ1n) is 7.50. The van der Waals surface area contributed by atoms with Crippen LogP contribution in [0.1, 0.15) is 0 Å². The van der Waals surface area contributed by atoms with E-state index in [1.807, 2.05) is 75.1 Å². The summed E-state index contributed by atoms with van der Waals surface area (Å²) in [5.74, 6) is 0. The van der Waals surface area contributed by atoms with Crippen LogP contribution in [0.3, 0.4) is 0 Å². The Hall–Kier alpha value is 0.0300. The molecule has 1 aliphatic rings.